The highest BCUT2D eigenvalue weighted by atomic mass is 16.6. The molecule has 1 saturated heterocycles. The zero-order valence-electron chi connectivity index (χ0n) is 27.7. The summed E-state index contributed by atoms with van der Waals surface area (Å²) in [7, 11) is 3.39. The first kappa shape index (κ1) is 31.9. The molecule has 238 valence electrons. The Morgan fingerprint density at radius 3 is 2.20 bits per heavy atom. The Kier molecular flexibility index (Phi) is 8.29. The van der Waals surface area contributed by atoms with Crippen molar-refractivity contribution in [2.75, 3.05) is 14.2 Å². The van der Waals surface area contributed by atoms with Gasteiger partial charge in [0.25, 0.3) is 0 Å². The molecule has 5 rings (SSSR count). The number of ether oxygens (including phenoxy) is 5. The molecule has 2 aliphatic carbocycles. The maximum atomic E-state index is 14.3. The van der Waals surface area contributed by atoms with Gasteiger partial charge < -0.3 is 23.7 Å². The van der Waals surface area contributed by atoms with Crippen LogP contribution in [0.1, 0.15) is 84.5 Å². The molecular formula is C36H47NO7. The van der Waals surface area contributed by atoms with Crippen molar-refractivity contribution in [1.29, 1.82) is 0 Å². The van der Waals surface area contributed by atoms with Crippen molar-refractivity contribution < 1.29 is 33.3 Å². The number of amides is 1. The Morgan fingerprint density at radius 1 is 0.955 bits per heavy atom. The van der Waals surface area contributed by atoms with E-state index in [9.17, 15) is 9.59 Å². The van der Waals surface area contributed by atoms with E-state index in [1.807, 2.05) is 70.2 Å². The van der Waals surface area contributed by atoms with Gasteiger partial charge in [-0.25, -0.2) is 9.59 Å². The highest BCUT2D eigenvalue weighted by Crippen LogP contribution is 2.55. The molecule has 2 aromatic rings. The second-order valence-electron chi connectivity index (χ2n) is 14.3. The van der Waals surface area contributed by atoms with Crippen molar-refractivity contribution >= 4 is 12.1 Å². The number of benzene rings is 2. The fraction of sp³-hybridized carbons (Fsp3) is 0.556. The molecule has 0 saturated carbocycles. The number of fused-ring (bicyclic) bond motifs is 2. The van der Waals surface area contributed by atoms with Gasteiger partial charge in [-0.3, -0.25) is 4.90 Å². The summed E-state index contributed by atoms with van der Waals surface area (Å²) >= 11 is 0. The average molecular weight is 606 g/mol. The number of nitrogens with zero attached hydrogens (tertiary/aromatic N) is 1. The first-order valence-corrected chi connectivity index (χ1v) is 15.5. The molecule has 2 unspecified atom stereocenters. The van der Waals surface area contributed by atoms with E-state index in [2.05, 4.69) is 19.9 Å². The molecule has 8 heteroatoms. The molecule has 5 atom stereocenters. The van der Waals surface area contributed by atoms with Gasteiger partial charge >= 0.3 is 12.1 Å². The number of carbonyl (C=O) groups is 2. The number of allylic oxidation sites excluding steroid dienone is 1. The number of hydrogen-bond donors (Lipinski definition) is 0. The highest BCUT2D eigenvalue weighted by molar-refractivity contribution is 5.80. The maximum Gasteiger partial charge on any atom is 0.413 e. The van der Waals surface area contributed by atoms with Gasteiger partial charge in [0.1, 0.15) is 35.0 Å². The molecule has 0 aromatic heterocycles. The van der Waals surface area contributed by atoms with Crippen molar-refractivity contribution in [1.82, 2.24) is 4.90 Å². The van der Waals surface area contributed by atoms with E-state index in [0.717, 1.165) is 40.2 Å². The molecular weight excluding hydrogens is 558 g/mol. The van der Waals surface area contributed by atoms with Crippen molar-refractivity contribution in [3.05, 3.63) is 70.8 Å². The fourth-order valence-electron chi connectivity index (χ4n) is 7.60. The van der Waals surface area contributed by atoms with Crippen LogP contribution in [0.4, 0.5) is 4.79 Å². The van der Waals surface area contributed by atoms with Crippen LogP contribution in [0, 0.1) is 11.8 Å². The fourth-order valence-corrected chi connectivity index (χ4v) is 7.60. The van der Waals surface area contributed by atoms with Gasteiger partial charge in [0.15, 0.2) is 6.10 Å². The summed E-state index contributed by atoms with van der Waals surface area (Å²) in [5.74, 6) is 1.36. The molecule has 0 spiro atoms. The lowest BCUT2D eigenvalue weighted by atomic mass is 9.56. The zero-order valence-corrected chi connectivity index (χ0v) is 27.7. The summed E-state index contributed by atoms with van der Waals surface area (Å²) in [6.45, 7) is 15.5. The Hall–Kier alpha value is -3.52. The second kappa shape index (κ2) is 11.4. The van der Waals surface area contributed by atoms with Gasteiger partial charge in [-0.1, -0.05) is 50.3 Å². The average Bonchev–Trinajstić information content (AvgIpc) is 3.24. The SMILES string of the molecule is COc1ccc(OC)c2c1CC1C(OC(=O)[C@@H]3OC(C)(C)N(C(=O)OC(C)(C)C)[C@H]3c3ccccc3)C(C)=CC[C@H]1C2(C)C. The monoisotopic (exact) mass is 605 g/mol. The lowest BCUT2D eigenvalue weighted by Gasteiger charge is -2.50. The van der Waals surface area contributed by atoms with E-state index in [1.54, 1.807) is 28.1 Å². The minimum Gasteiger partial charge on any atom is -0.496 e. The molecule has 1 aliphatic heterocycles. The van der Waals surface area contributed by atoms with Gasteiger partial charge in [-0.15, -0.1) is 0 Å². The van der Waals surface area contributed by atoms with Crippen LogP contribution in [0.15, 0.2) is 54.1 Å². The number of rotatable bonds is 5. The van der Waals surface area contributed by atoms with E-state index in [1.165, 1.54) is 4.90 Å². The predicted molar refractivity (Wildman–Crippen MR) is 168 cm³/mol. The first-order chi connectivity index (χ1) is 20.6. The minimum absolute atomic E-state index is 0.0130. The summed E-state index contributed by atoms with van der Waals surface area (Å²) in [5, 5.41) is 0. The summed E-state index contributed by atoms with van der Waals surface area (Å²) in [5.41, 5.74) is 1.90. The highest BCUT2D eigenvalue weighted by Gasteiger charge is 2.56. The van der Waals surface area contributed by atoms with Gasteiger partial charge in [-0.05, 0) is 89.0 Å². The molecule has 1 fully saturated rings. The second-order valence-corrected chi connectivity index (χ2v) is 14.3. The van der Waals surface area contributed by atoms with E-state index in [4.69, 9.17) is 23.7 Å². The van der Waals surface area contributed by atoms with Gasteiger partial charge in [0.2, 0.25) is 0 Å². The van der Waals surface area contributed by atoms with Crippen LogP contribution in [0.25, 0.3) is 0 Å². The Balaban J connectivity index is 1.51. The Labute approximate surface area is 261 Å². The summed E-state index contributed by atoms with van der Waals surface area (Å²) in [6, 6.07) is 12.7. The number of carbonyl (C=O) groups excluding carboxylic acids is 2. The van der Waals surface area contributed by atoms with E-state index in [-0.39, 0.29) is 17.3 Å². The van der Waals surface area contributed by atoms with E-state index < -0.39 is 41.6 Å². The van der Waals surface area contributed by atoms with E-state index >= 15 is 0 Å². The van der Waals surface area contributed by atoms with Gasteiger partial charge in [0.05, 0.1) is 14.2 Å². The van der Waals surface area contributed by atoms with Crippen LogP contribution in [0.2, 0.25) is 0 Å². The third kappa shape index (κ3) is 5.57. The number of methoxy groups -OCH3 is 2. The number of esters is 1. The molecule has 2 aromatic carbocycles. The van der Waals surface area contributed by atoms with Crippen LogP contribution in [-0.2, 0) is 30.8 Å². The van der Waals surface area contributed by atoms with Gasteiger partial charge in [0, 0.05) is 17.0 Å². The summed E-state index contributed by atoms with van der Waals surface area (Å²) < 4.78 is 30.3. The Bertz CT molecular complexity index is 1440. The normalized spacial score (nSPS) is 27.0. The predicted octanol–water partition coefficient (Wildman–Crippen LogP) is 7.15. The third-order valence-electron chi connectivity index (χ3n) is 9.50. The van der Waals surface area contributed by atoms with Crippen molar-refractivity contribution in [2.45, 2.75) is 103 Å². The maximum absolute atomic E-state index is 14.3. The van der Waals surface area contributed by atoms with Crippen LogP contribution >= 0.6 is 0 Å². The molecule has 0 radical (unpaired) electrons. The van der Waals surface area contributed by atoms with Crippen molar-refractivity contribution in [2.24, 2.45) is 11.8 Å². The van der Waals surface area contributed by atoms with Gasteiger partial charge in [-0.2, -0.15) is 0 Å². The van der Waals surface area contributed by atoms with Crippen LogP contribution in [-0.4, -0.2) is 54.7 Å². The summed E-state index contributed by atoms with van der Waals surface area (Å²) in [4.78, 5) is 29.4. The molecule has 0 N–H and O–H groups in total. The van der Waals surface area contributed by atoms with Crippen LogP contribution < -0.4 is 9.47 Å². The molecule has 1 amide bonds. The Morgan fingerprint density at radius 2 is 1.59 bits per heavy atom. The summed E-state index contributed by atoms with van der Waals surface area (Å²) in [6.07, 6.45) is 1.67. The molecule has 1 heterocycles. The topological polar surface area (TPSA) is 83.5 Å². The van der Waals surface area contributed by atoms with Crippen LogP contribution in [0.3, 0.4) is 0 Å². The van der Waals surface area contributed by atoms with Crippen molar-refractivity contribution in [3.8, 4) is 11.5 Å². The minimum atomic E-state index is -1.12. The molecule has 44 heavy (non-hydrogen) atoms. The zero-order chi connectivity index (χ0) is 32.2. The quantitative estimate of drug-likeness (QED) is 0.265. The van der Waals surface area contributed by atoms with Crippen molar-refractivity contribution in [3.63, 3.8) is 0 Å². The molecule has 3 aliphatic rings. The molecule has 8 nitrogen and oxygen atoms in total. The first-order valence-electron chi connectivity index (χ1n) is 15.5. The third-order valence-corrected chi connectivity index (χ3v) is 9.50. The lowest BCUT2D eigenvalue weighted by Crippen LogP contribution is -2.49. The largest absolute Gasteiger partial charge is 0.496 e. The van der Waals surface area contributed by atoms with E-state index in [0.29, 0.717) is 6.42 Å². The lowest BCUT2D eigenvalue weighted by molar-refractivity contribution is -0.169. The van der Waals surface area contributed by atoms with Crippen LogP contribution in [0.5, 0.6) is 11.5 Å². The number of hydrogen-bond acceptors (Lipinski definition) is 7. The smallest absolute Gasteiger partial charge is 0.413 e. The standard InChI is InChI=1S/C36H47NO7/c1-21-16-17-25-23(20-24-26(40-9)18-19-27(41-10)28(24)35(25,5)6)30(21)42-32(38)31-29(22-14-12-11-13-15-22)37(36(7,8)43-31)33(39)44-34(2,3)4/h11-16,18-19,23,25,29-31H,17,20H2,1-10H3/t23?,25-,29+,30?,31-/m1/s1. The molecule has 0 bridgehead atoms.